The van der Waals surface area contributed by atoms with Crippen LogP contribution in [0.5, 0.6) is 11.5 Å². The number of carbonyl (C=O) groups excluding carboxylic acids is 1. The Kier molecular flexibility index (Phi) is 3.17. The third-order valence-electron chi connectivity index (χ3n) is 2.83. The van der Waals surface area contributed by atoms with Gasteiger partial charge in [0.15, 0.2) is 11.5 Å². The Bertz CT molecular complexity index is 466. The van der Waals surface area contributed by atoms with E-state index < -0.39 is 5.54 Å². The molecule has 98 valence electrons. The lowest BCUT2D eigenvalue weighted by Crippen LogP contribution is -2.49. The molecule has 1 aliphatic heterocycles. The Labute approximate surface area is 106 Å². The van der Waals surface area contributed by atoms with Gasteiger partial charge in [-0.25, -0.2) is 0 Å². The molecule has 0 aromatic heterocycles. The molecule has 1 unspecified atom stereocenters. The Morgan fingerprint density at radius 3 is 2.72 bits per heavy atom. The molecule has 0 spiro atoms. The molecular formula is C13H18N2O3. The highest BCUT2D eigenvalue weighted by Crippen LogP contribution is 2.34. The molecule has 1 aromatic carbocycles. The van der Waals surface area contributed by atoms with E-state index in [-0.39, 0.29) is 18.7 Å². The van der Waals surface area contributed by atoms with E-state index >= 15 is 0 Å². The zero-order valence-electron chi connectivity index (χ0n) is 10.8. The van der Waals surface area contributed by atoms with Crippen molar-refractivity contribution in [3.63, 3.8) is 0 Å². The number of fused-ring (bicyclic) bond motifs is 1. The Balaban J connectivity index is 2.10. The van der Waals surface area contributed by atoms with Crippen molar-refractivity contribution < 1.29 is 14.3 Å². The van der Waals surface area contributed by atoms with Crippen molar-refractivity contribution in [1.29, 1.82) is 0 Å². The molecule has 0 fully saturated rings. The minimum Gasteiger partial charge on any atom is -0.454 e. The Morgan fingerprint density at radius 2 is 2.06 bits per heavy atom. The standard InChI is InChI=1S/C13H18N2O3/c1-8(15-12(16)13(2,3)14)9-4-5-10-11(6-9)18-7-17-10/h4-6,8H,7,14H2,1-3H3,(H,15,16). The van der Waals surface area contributed by atoms with Gasteiger partial charge in [-0.1, -0.05) is 6.07 Å². The van der Waals surface area contributed by atoms with E-state index in [0.29, 0.717) is 5.75 Å². The van der Waals surface area contributed by atoms with E-state index in [1.807, 2.05) is 25.1 Å². The van der Waals surface area contributed by atoms with Crippen LogP contribution in [-0.2, 0) is 4.79 Å². The number of ether oxygens (including phenoxy) is 2. The number of nitrogens with two attached hydrogens (primary N) is 1. The van der Waals surface area contributed by atoms with E-state index in [9.17, 15) is 4.79 Å². The topological polar surface area (TPSA) is 73.6 Å². The molecule has 1 aromatic rings. The van der Waals surface area contributed by atoms with Gasteiger partial charge < -0.3 is 20.5 Å². The van der Waals surface area contributed by atoms with Crippen molar-refractivity contribution in [3.05, 3.63) is 23.8 Å². The van der Waals surface area contributed by atoms with Gasteiger partial charge in [-0.2, -0.15) is 0 Å². The average molecular weight is 250 g/mol. The van der Waals surface area contributed by atoms with Crippen molar-refractivity contribution >= 4 is 5.91 Å². The van der Waals surface area contributed by atoms with E-state index in [1.165, 1.54) is 0 Å². The third kappa shape index (κ3) is 2.56. The van der Waals surface area contributed by atoms with Gasteiger partial charge in [0.1, 0.15) is 0 Å². The fourth-order valence-electron chi connectivity index (χ4n) is 1.65. The van der Waals surface area contributed by atoms with Gasteiger partial charge in [0.2, 0.25) is 12.7 Å². The van der Waals surface area contributed by atoms with Gasteiger partial charge in [-0.05, 0) is 38.5 Å². The van der Waals surface area contributed by atoms with Crippen LogP contribution in [0.3, 0.4) is 0 Å². The van der Waals surface area contributed by atoms with Crippen molar-refractivity contribution in [1.82, 2.24) is 5.32 Å². The van der Waals surface area contributed by atoms with Gasteiger partial charge in [0.05, 0.1) is 11.6 Å². The van der Waals surface area contributed by atoms with E-state index in [4.69, 9.17) is 15.2 Å². The molecule has 5 heteroatoms. The van der Waals surface area contributed by atoms with E-state index in [0.717, 1.165) is 11.3 Å². The van der Waals surface area contributed by atoms with Crippen LogP contribution in [0.2, 0.25) is 0 Å². The van der Waals surface area contributed by atoms with Crippen LogP contribution in [-0.4, -0.2) is 18.2 Å². The first-order valence-corrected chi connectivity index (χ1v) is 5.87. The molecule has 5 nitrogen and oxygen atoms in total. The van der Waals surface area contributed by atoms with Crippen LogP contribution in [0.15, 0.2) is 18.2 Å². The SMILES string of the molecule is CC(NC(=O)C(C)(C)N)c1ccc2c(c1)OCO2. The molecule has 2 rings (SSSR count). The predicted molar refractivity (Wildman–Crippen MR) is 67.4 cm³/mol. The Hall–Kier alpha value is -1.75. The number of benzene rings is 1. The first-order chi connectivity index (χ1) is 8.38. The summed E-state index contributed by atoms with van der Waals surface area (Å²) in [7, 11) is 0. The number of carbonyl (C=O) groups is 1. The predicted octanol–water partition coefficient (Wildman–Crippen LogP) is 1.33. The average Bonchev–Trinajstić information content (AvgIpc) is 2.74. The second-order valence-electron chi connectivity index (χ2n) is 5.03. The number of nitrogens with one attached hydrogen (secondary N) is 1. The molecule has 1 atom stereocenters. The summed E-state index contributed by atoms with van der Waals surface area (Å²) in [6.45, 7) is 5.50. The van der Waals surface area contributed by atoms with Crippen molar-refractivity contribution in [2.24, 2.45) is 5.73 Å². The van der Waals surface area contributed by atoms with E-state index in [2.05, 4.69) is 5.32 Å². The summed E-state index contributed by atoms with van der Waals surface area (Å²) in [5.41, 5.74) is 5.81. The summed E-state index contributed by atoms with van der Waals surface area (Å²) >= 11 is 0. The summed E-state index contributed by atoms with van der Waals surface area (Å²) < 4.78 is 10.5. The van der Waals surface area contributed by atoms with Gasteiger partial charge in [-0.15, -0.1) is 0 Å². The Morgan fingerprint density at radius 1 is 1.39 bits per heavy atom. The largest absolute Gasteiger partial charge is 0.454 e. The highest BCUT2D eigenvalue weighted by atomic mass is 16.7. The second-order valence-corrected chi connectivity index (χ2v) is 5.03. The number of rotatable bonds is 3. The molecule has 3 N–H and O–H groups in total. The number of hydrogen-bond donors (Lipinski definition) is 2. The van der Waals surface area contributed by atoms with Crippen LogP contribution in [0.1, 0.15) is 32.4 Å². The lowest BCUT2D eigenvalue weighted by molar-refractivity contribution is -0.125. The van der Waals surface area contributed by atoms with Gasteiger partial charge in [0.25, 0.3) is 0 Å². The summed E-state index contributed by atoms with van der Waals surface area (Å²) in [6, 6.07) is 5.49. The fraction of sp³-hybridized carbons (Fsp3) is 0.462. The van der Waals surface area contributed by atoms with E-state index in [1.54, 1.807) is 13.8 Å². The lowest BCUT2D eigenvalue weighted by Gasteiger charge is -2.22. The van der Waals surface area contributed by atoms with Crippen molar-refractivity contribution in [3.8, 4) is 11.5 Å². The van der Waals surface area contributed by atoms with Gasteiger partial charge >= 0.3 is 0 Å². The molecule has 1 amide bonds. The fourth-order valence-corrected chi connectivity index (χ4v) is 1.65. The molecule has 0 aliphatic carbocycles. The molecular weight excluding hydrogens is 232 g/mol. The summed E-state index contributed by atoms with van der Waals surface area (Å²) in [4.78, 5) is 11.8. The van der Waals surface area contributed by atoms with Crippen LogP contribution in [0, 0.1) is 0 Å². The number of hydrogen-bond acceptors (Lipinski definition) is 4. The maximum Gasteiger partial charge on any atom is 0.239 e. The summed E-state index contributed by atoms with van der Waals surface area (Å²) in [6.07, 6.45) is 0. The maximum atomic E-state index is 11.8. The van der Waals surface area contributed by atoms with Crippen LogP contribution >= 0.6 is 0 Å². The van der Waals surface area contributed by atoms with Crippen LogP contribution < -0.4 is 20.5 Å². The van der Waals surface area contributed by atoms with Crippen LogP contribution in [0.25, 0.3) is 0 Å². The maximum absolute atomic E-state index is 11.8. The molecule has 1 aliphatic rings. The first-order valence-electron chi connectivity index (χ1n) is 5.87. The second kappa shape index (κ2) is 4.49. The highest BCUT2D eigenvalue weighted by Gasteiger charge is 2.24. The monoisotopic (exact) mass is 250 g/mol. The zero-order valence-corrected chi connectivity index (χ0v) is 10.8. The summed E-state index contributed by atoms with van der Waals surface area (Å²) in [5.74, 6) is 1.25. The normalized spacial score (nSPS) is 15.3. The lowest BCUT2D eigenvalue weighted by atomic mass is 10.0. The third-order valence-corrected chi connectivity index (χ3v) is 2.83. The van der Waals surface area contributed by atoms with Gasteiger partial charge in [-0.3, -0.25) is 4.79 Å². The molecule has 1 heterocycles. The molecule has 0 bridgehead atoms. The minimum absolute atomic E-state index is 0.130. The molecule has 0 saturated heterocycles. The van der Waals surface area contributed by atoms with Crippen molar-refractivity contribution in [2.75, 3.05) is 6.79 Å². The number of amides is 1. The molecule has 18 heavy (non-hydrogen) atoms. The highest BCUT2D eigenvalue weighted by molar-refractivity contribution is 5.85. The smallest absolute Gasteiger partial charge is 0.239 e. The molecule has 0 radical (unpaired) electrons. The van der Waals surface area contributed by atoms with Crippen LogP contribution in [0.4, 0.5) is 0 Å². The summed E-state index contributed by atoms with van der Waals surface area (Å²) in [5, 5.41) is 2.87. The zero-order chi connectivity index (χ0) is 13.3. The quantitative estimate of drug-likeness (QED) is 0.848. The first kappa shape index (κ1) is 12.7. The van der Waals surface area contributed by atoms with Crippen molar-refractivity contribution in [2.45, 2.75) is 32.4 Å². The van der Waals surface area contributed by atoms with Gasteiger partial charge in [0, 0.05) is 0 Å². The molecule has 0 saturated carbocycles. The minimum atomic E-state index is -0.884.